The van der Waals surface area contributed by atoms with Crippen molar-refractivity contribution in [2.75, 3.05) is 4.90 Å². The number of hydrogen-bond acceptors (Lipinski definition) is 5. The van der Waals surface area contributed by atoms with Crippen molar-refractivity contribution in [3.63, 3.8) is 0 Å². The van der Waals surface area contributed by atoms with Crippen molar-refractivity contribution < 1.29 is 9.59 Å². The first kappa shape index (κ1) is 18.6. The fourth-order valence-corrected chi connectivity index (χ4v) is 4.52. The summed E-state index contributed by atoms with van der Waals surface area (Å²) in [7, 11) is 0. The van der Waals surface area contributed by atoms with Gasteiger partial charge in [0.05, 0.1) is 23.2 Å². The molecular formula is C25H19N5O2. The van der Waals surface area contributed by atoms with Crippen LogP contribution in [0.2, 0.25) is 0 Å². The van der Waals surface area contributed by atoms with Crippen molar-refractivity contribution in [2.24, 2.45) is 11.8 Å². The molecule has 2 aliphatic rings. The van der Waals surface area contributed by atoms with E-state index in [2.05, 4.69) is 10.1 Å². The van der Waals surface area contributed by atoms with Crippen molar-refractivity contribution in [1.29, 1.82) is 0 Å². The molecule has 2 aromatic carbocycles. The Kier molecular flexibility index (Phi) is 4.21. The van der Waals surface area contributed by atoms with Gasteiger partial charge in [-0.3, -0.25) is 9.59 Å². The number of fused-ring (bicyclic) bond motifs is 2. The Labute approximate surface area is 184 Å². The Bertz CT molecular complexity index is 1350. The van der Waals surface area contributed by atoms with Gasteiger partial charge >= 0.3 is 0 Å². The Balaban J connectivity index is 1.52. The number of allylic oxidation sites excluding steroid dienone is 2. The molecule has 4 aromatic rings. The van der Waals surface area contributed by atoms with Gasteiger partial charge in [0.2, 0.25) is 11.8 Å². The highest BCUT2D eigenvalue weighted by atomic mass is 16.2. The summed E-state index contributed by atoms with van der Waals surface area (Å²) in [5.41, 5.74) is 3.41. The minimum absolute atomic E-state index is 0.0873. The van der Waals surface area contributed by atoms with Crippen LogP contribution in [0.5, 0.6) is 0 Å². The smallest absolute Gasteiger partial charge is 0.260 e. The lowest BCUT2D eigenvalue weighted by Crippen LogP contribution is -2.32. The molecule has 3 heterocycles. The second-order valence-electron chi connectivity index (χ2n) is 8.05. The van der Waals surface area contributed by atoms with Gasteiger partial charge in [0.15, 0.2) is 0 Å². The maximum absolute atomic E-state index is 13.0. The molecule has 7 nitrogen and oxygen atoms in total. The molecule has 1 aliphatic heterocycles. The molecule has 0 unspecified atom stereocenters. The molecule has 32 heavy (non-hydrogen) atoms. The third-order valence-electron chi connectivity index (χ3n) is 6.15. The van der Waals surface area contributed by atoms with Crippen LogP contribution in [0, 0.1) is 11.8 Å². The number of imide groups is 1. The highest BCUT2D eigenvalue weighted by Gasteiger charge is 2.49. The van der Waals surface area contributed by atoms with E-state index in [4.69, 9.17) is 4.98 Å². The van der Waals surface area contributed by atoms with Gasteiger partial charge in [-0.05, 0) is 18.9 Å². The molecule has 0 bridgehead atoms. The van der Waals surface area contributed by atoms with Crippen molar-refractivity contribution in [3.8, 4) is 22.5 Å². The molecule has 1 saturated heterocycles. The number of carbonyl (C=O) groups excluding carboxylic acids is 2. The molecule has 0 N–H and O–H groups in total. The van der Waals surface area contributed by atoms with E-state index in [1.165, 1.54) is 0 Å². The van der Waals surface area contributed by atoms with Crippen LogP contribution >= 0.6 is 0 Å². The molecule has 2 aromatic heterocycles. The summed E-state index contributed by atoms with van der Waals surface area (Å²) >= 11 is 0. The average molecular weight is 421 g/mol. The Hall–Kier alpha value is -4.13. The van der Waals surface area contributed by atoms with Crippen LogP contribution < -0.4 is 4.90 Å². The number of anilines is 1. The Morgan fingerprint density at radius 1 is 0.750 bits per heavy atom. The van der Waals surface area contributed by atoms with E-state index in [1.807, 2.05) is 78.9 Å². The van der Waals surface area contributed by atoms with E-state index >= 15 is 0 Å². The Morgan fingerprint density at radius 3 is 1.97 bits per heavy atom. The van der Waals surface area contributed by atoms with Crippen LogP contribution in [-0.4, -0.2) is 31.4 Å². The van der Waals surface area contributed by atoms with Gasteiger partial charge in [0.1, 0.15) is 0 Å². The summed E-state index contributed by atoms with van der Waals surface area (Å²) in [4.78, 5) is 36.4. The molecule has 1 fully saturated rings. The van der Waals surface area contributed by atoms with E-state index in [0.717, 1.165) is 27.4 Å². The van der Waals surface area contributed by atoms with Gasteiger partial charge in [-0.25, -0.2) is 9.88 Å². The van der Waals surface area contributed by atoms with Gasteiger partial charge in [-0.1, -0.05) is 72.8 Å². The van der Waals surface area contributed by atoms with Crippen LogP contribution in [0.15, 0.2) is 78.9 Å². The third kappa shape index (κ3) is 2.85. The molecule has 156 valence electrons. The number of aromatic nitrogens is 4. The largest absolute Gasteiger partial charge is 0.274 e. The molecule has 2 atom stereocenters. The molecular weight excluding hydrogens is 402 g/mol. The number of rotatable bonds is 3. The van der Waals surface area contributed by atoms with Gasteiger partial charge in [0, 0.05) is 11.1 Å². The maximum Gasteiger partial charge on any atom is 0.260 e. The molecule has 7 heteroatoms. The van der Waals surface area contributed by atoms with Crippen LogP contribution in [-0.2, 0) is 9.59 Å². The minimum atomic E-state index is -0.333. The summed E-state index contributed by atoms with van der Waals surface area (Å²) in [5.74, 6) is -0.700. The average Bonchev–Trinajstić information content (AvgIpc) is 3.38. The van der Waals surface area contributed by atoms with Gasteiger partial charge < -0.3 is 0 Å². The number of carbonyl (C=O) groups is 2. The quantitative estimate of drug-likeness (QED) is 0.370. The topological polar surface area (TPSA) is 80.5 Å². The van der Waals surface area contributed by atoms with Gasteiger partial charge in [-0.2, -0.15) is 9.50 Å². The van der Waals surface area contributed by atoms with Crippen molar-refractivity contribution in [1.82, 2.24) is 19.6 Å². The second kappa shape index (κ2) is 7.23. The molecule has 0 saturated carbocycles. The molecule has 0 radical (unpaired) electrons. The zero-order valence-electron chi connectivity index (χ0n) is 17.1. The first-order chi connectivity index (χ1) is 15.7. The molecule has 0 spiro atoms. The van der Waals surface area contributed by atoms with E-state index in [0.29, 0.717) is 18.6 Å². The standard InChI is InChI=1S/C25H19N5O2/c31-22-18-13-7-8-14-19(18)23(32)29(22)25-27-24-26-20(16-9-3-1-4-10-16)15-21(30(24)28-25)17-11-5-2-6-12-17/h1-12,15,18-19H,13-14H2/t18-,19+. The predicted octanol–water partition coefficient (Wildman–Crippen LogP) is 3.91. The first-order valence-electron chi connectivity index (χ1n) is 10.6. The highest BCUT2D eigenvalue weighted by Crippen LogP contribution is 2.37. The summed E-state index contributed by atoms with van der Waals surface area (Å²) in [5, 5.41) is 4.57. The van der Waals surface area contributed by atoms with Crippen LogP contribution in [0.4, 0.5) is 5.95 Å². The zero-order chi connectivity index (χ0) is 21.7. The van der Waals surface area contributed by atoms with E-state index in [1.54, 1.807) is 4.52 Å². The summed E-state index contributed by atoms with van der Waals surface area (Å²) in [6.45, 7) is 0. The minimum Gasteiger partial charge on any atom is -0.274 e. The fraction of sp³-hybridized carbons (Fsp3) is 0.160. The summed E-state index contributed by atoms with van der Waals surface area (Å²) < 4.78 is 1.61. The number of benzene rings is 2. The second-order valence-corrected chi connectivity index (χ2v) is 8.05. The maximum atomic E-state index is 13.0. The lowest BCUT2D eigenvalue weighted by molar-refractivity contribution is -0.122. The van der Waals surface area contributed by atoms with Gasteiger partial charge in [0.25, 0.3) is 11.7 Å². The van der Waals surface area contributed by atoms with E-state index < -0.39 is 0 Å². The van der Waals surface area contributed by atoms with Crippen LogP contribution in [0.1, 0.15) is 12.8 Å². The number of nitrogens with zero attached hydrogens (tertiary/aromatic N) is 5. The van der Waals surface area contributed by atoms with Crippen molar-refractivity contribution in [3.05, 3.63) is 78.9 Å². The third-order valence-corrected chi connectivity index (χ3v) is 6.15. The van der Waals surface area contributed by atoms with Crippen LogP contribution in [0.3, 0.4) is 0 Å². The summed E-state index contributed by atoms with van der Waals surface area (Å²) in [6.07, 6.45) is 5.08. The molecule has 1 aliphatic carbocycles. The monoisotopic (exact) mass is 421 g/mol. The summed E-state index contributed by atoms with van der Waals surface area (Å²) in [6, 6.07) is 21.6. The first-order valence-corrected chi connectivity index (χ1v) is 10.6. The highest BCUT2D eigenvalue weighted by molar-refractivity contribution is 6.21. The van der Waals surface area contributed by atoms with Gasteiger partial charge in [-0.15, -0.1) is 5.10 Å². The Morgan fingerprint density at radius 2 is 1.34 bits per heavy atom. The zero-order valence-corrected chi connectivity index (χ0v) is 17.1. The SMILES string of the molecule is O=C1[C@H]2CC=CC[C@H]2C(=O)N1c1nc2nc(-c3ccccc3)cc(-c3ccccc3)n2n1. The normalized spacial score (nSPS) is 20.2. The lowest BCUT2D eigenvalue weighted by Gasteiger charge is -2.14. The predicted molar refractivity (Wildman–Crippen MR) is 120 cm³/mol. The van der Waals surface area contributed by atoms with Crippen molar-refractivity contribution >= 4 is 23.5 Å². The van der Waals surface area contributed by atoms with Crippen molar-refractivity contribution in [2.45, 2.75) is 12.8 Å². The number of hydrogen-bond donors (Lipinski definition) is 0. The lowest BCUT2D eigenvalue weighted by atomic mass is 9.85. The van der Waals surface area contributed by atoms with E-state index in [9.17, 15) is 9.59 Å². The number of amides is 2. The van der Waals surface area contributed by atoms with Crippen LogP contribution in [0.25, 0.3) is 28.3 Å². The van der Waals surface area contributed by atoms with E-state index in [-0.39, 0.29) is 29.6 Å². The molecule has 2 amide bonds. The molecule has 6 rings (SSSR count). The fourth-order valence-electron chi connectivity index (χ4n) is 4.52.